The molecule has 0 N–H and O–H groups in total. The van der Waals surface area contributed by atoms with Gasteiger partial charge in [-0.05, 0) is 41.0 Å². The monoisotopic (exact) mass is 413 g/mol. The summed E-state index contributed by atoms with van der Waals surface area (Å²) in [5, 5.41) is 0. The Morgan fingerprint density at radius 2 is 1.61 bits per heavy atom. The highest BCUT2D eigenvalue weighted by Crippen LogP contribution is 2.30. The van der Waals surface area contributed by atoms with Gasteiger partial charge in [-0.2, -0.15) is 0 Å². The molecule has 0 saturated carbocycles. The molecular formula is C29H35NO. The topological polar surface area (TPSA) is 12.5 Å². The van der Waals surface area contributed by atoms with Crippen molar-refractivity contribution in [1.82, 2.24) is 4.90 Å². The van der Waals surface area contributed by atoms with Crippen molar-refractivity contribution in [3.8, 4) is 11.1 Å². The summed E-state index contributed by atoms with van der Waals surface area (Å²) in [5.74, 6) is 0.545. The summed E-state index contributed by atoms with van der Waals surface area (Å²) in [7, 11) is 0. The van der Waals surface area contributed by atoms with Crippen LogP contribution < -0.4 is 0 Å². The van der Waals surface area contributed by atoms with Crippen LogP contribution in [0.1, 0.15) is 37.3 Å². The van der Waals surface area contributed by atoms with Crippen LogP contribution in [0.3, 0.4) is 0 Å². The first-order valence-corrected chi connectivity index (χ1v) is 11.8. The van der Waals surface area contributed by atoms with Crippen LogP contribution in [0.5, 0.6) is 0 Å². The lowest BCUT2D eigenvalue weighted by atomic mass is 9.85. The highest BCUT2D eigenvalue weighted by molar-refractivity contribution is 5.67. The number of nitrogens with zero attached hydrogens (tertiary/aromatic N) is 1. The van der Waals surface area contributed by atoms with E-state index in [1.165, 1.54) is 41.5 Å². The Hall–Kier alpha value is -2.42. The first kappa shape index (κ1) is 21.8. The van der Waals surface area contributed by atoms with Crippen LogP contribution in [0.25, 0.3) is 11.1 Å². The first-order valence-electron chi connectivity index (χ1n) is 11.8. The molecule has 2 unspecified atom stereocenters. The van der Waals surface area contributed by atoms with Gasteiger partial charge in [-0.1, -0.05) is 105 Å². The van der Waals surface area contributed by atoms with E-state index >= 15 is 0 Å². The van der Waals surface area contributed by atoms with Gasteiger partial charge in [0, 0.05) is 19.6 Å². The molecule has 2 nitrogen and oxygen atoms in total. The SMILES string of the molecule is CCCCC(Cc1ccccc1-c1ccccc1)C1CN(Cc2ccccc2)CCO1. The van der Waals surface area contributed by atoms with Gasteiger partial charge in [0.2, 0.25) is 0 Å². The molecule has 0 bridgehead atoms. The Morgan fingerprint density at radius 3 is 2.39 bits per heavy atom. The summed E-state index contributed by atoms with van der Waals surface area (Å²) >= 11 is 0. The Balaban J connectivity index is 1.50. The van der Waals surface area contributed by atoms with Gasteiger partial charge < -0.3 is 4.74 Å². The van der Waals surface area contributed by atoms with Crippen LogP contribution in [0.15, 0.2) is 84.9 Å². The van der Waals surface area contributed by atoms with Crippen molar-refractivity contribution >= 4 is 0 Å². The third-order valence-electron chi connectivity index (χ3n) is 6.47. The van der Waals surface area contributed by atoms with E-state index in [-0.39, 0.29) is 0 Å². The molecule has 0 amide bonds. The van der Waals surface area contributed by atoms with Gasteiger partial charge in [0.05, 0.1) is 12.7 Å². The molecule has 1 aliphatic rings. The minimum absolute atomic E-state index is 0.299. The molecule has 162 valence electrons. The maximum absolute atomic E-state index is 6.38. The van der Waals surface area contributed by atoms with E-state index in [4.69, 9.17) is 4.74 Å². The van der Waals surface area contributed by atoms with E-state index < -0.39 is 0 Å². The van der Waals surface area contributed by atoms with Crippen molar-refractivity contribution < 1.29 is 4.74 Å². The Morgan fingerprint density at radius 1 is 0.903 bits per heavy atom. The van der Waals surface area contributed by atoms with Crippen molar-refractivity contribution in [2.45, 2.75) is 45.3 Å². The van der Waals surface area contributed by atoms with Gasteiger partial charge in [-0.3, -0.25) is 4.90 Å². The number of ether oxygens (including phenoxy) is 1. The largest absolute Gasteiger partial charge is 0.375 e. The molecule has 1 fully saturated rings. The average Bonchev–Trinajstić information content (AvgIpc) is 2.83. The molecule has 2 heteroatoms. The summed E-state index contributed by atoms with van der Waals surface area (Å²) < 4.78 is 6.38. The van der Waals surface area contributed by atoms with Gasteiger partial charge >= 0.3 is 0 Å². The standard InChI is InChI=1S/C29H35NO/c1-2-3-14-27(21-26-17-10-11-18-28(26)25-15-8-5-9-16-25)29-23-30(19-20-31-29)22-24-12-6-4-7-13-24/h4-13,15-18,27,29H,2-3,14,19-23H2,1H3. The molecule has 0 aliphatic carbocycles. The molecule has 0 aromatic heterocycles. The molecule has 0 spiro atoms. The molecule has 0 radical (unpaired) electrons. The smallest absolute Gasteiger partial charge is 0.0734 e. The van der Waals surface area contributed by atoms with Crippen LogP contribution in [0.2, 0.25) is 0 Å². The van der Waals surface area contributed by atoms with Gasteiger partial charge in [-0.15, -0.1) is 0 Å². The first-order chi connectivity index (χ1) is 15.3. The molecular weight excluding hydrogens is 378 g/mol. The highest BCUT2D eigenvalue weighted by Gasteiger charge is 2.28. The lowest BCUT2D eigenvalue weighted by molar-refractivity contribution is -0.0620. The molecule has 1 heterocycles. The maximum atomic E-state index is 6.38. The van der Waals surface area contributed by atoms with Crippen molar-refractivity contribution in [1.29, 1.82) is 0 Å². The number of hydrogen-bond acceptors (Lipinski definition) is 2. The Kier molecular flexibility index (Phi) is 7.93. The quantitative estimate of drug-likeness (QED) is 0.392. The number of rotatable bonds is 9. The summed E-state index contributed by atoms with van der Waals surface area (Å²) in [6.07, 6.45) is 5.10. The summed E-state index contributed by atoms with van der Waals surface area (Å²) in [5.41, 5.74) is 5.51. The van der Waals surface area contributed by atoms with E-state index in [9.17, 15) is 0 Å². The second-order valence-corrected chi connectivity index (χ2v) is 8.76. The van der Waals surface area contributed by atoms with E-state index in [0.717, 1.165) is 32.7 Å². The van der Waals surface area contributed by atoms with Gasteiger partial charge in [0.25, 0.3) is 0 Å². The molecule has 1 saturated heterocycles. The van der Waals surface area contributed by atoms with Gasteiger partial charge in [-0.25, -0.2) is 0 Å². The van der Waals surface area contributed by atoms with Crippen molar-refractivity contribution in [2.75, 3.05) is 19.7 Å². The summed E-state index contributed by atoms with van der Waals surface area (Å²) in [6.45, 7) is 6.18. The van der Waals surface area contributed by atoms with Crippen molar-refractivity contribution in [3.05, 3.63) is 96.1 Å². The van der Waals surface area contributed by atoms with Crippen LogP contribution in [-0.4, -0.2) is 30.7 Å². The second-order valence-electron chi connectivity index (χ2n) is 8.76. The number of hydrogen-bond donors (Lipinski definition) is 0. The third-order valence-corrected chi connectivity index (χ3v) is 6.47. The fourth-order valence-electron chi connectivity index (χ4n) is 4.77. The highest BCUT2D eigenvalue weighted by atomic mass is 16.5. The number of unbranched alkanes of at least 4 members (excludes halogenated alkanes) is 1. The Bertz CT molecular complexity index is 908. The lowest BCUT2D eigenvalue weighted by Gasteiger charge is -2.37. The fourth-order valence-corrected chi connectivity index (χ4v) is 4.77. The van der Waals surface area contributed by atoms with Gasteiger partial charge in [0.1, 0.15) is 0 Å². The second kappa shape index (κ2) is 11.3. The van der Waals surface area contributed by atoms with Crippen molar-refractivity contribution in [3.63, 3.8) is 0 Å². The van der Waals surface area contributed by atoms with Gasteiger partial charge in [0.15, 0.2) is 0 Å². The van der Waals surface area contributed by atoms with E-state index in [1.807, 2.05) is 0 Å². The zero-order chi connectivity index (χ0) is 21.3. The maximum Gasteiger partial charge on any atom is 0.0734 e. The predicted molar refractivity (Wildman–Crippen MR) is 130 cm³/mol. The van der Waals surface area contributed by atoms with E-state index in [0.29, 0.717) is 12.0 Å². The molecule has 3 aromatic carbocycles. The predicted octanol–water partition coefficient (Wildman–Crippen LogP) is 6.60. The minimum Gasteiger partial charge on any atom is -0.375 e. The molecule has 3 aromatic rings. The van der Waals surface area contributed by atoms with E-state index in [2.05, 4.69) is 96.8 Å². The molecule has 31 heavy (non-hydrogen) atoms. The van der Waals surface area contributed by atoms with Crippen LogP contribution in [0.4, 0.5) is 0 Å². The molecule has 2 atom stereocenters. The number of benzene rings is 3. The van der Waals surface area contributed by atoms with Crippen LogP contribution in [-0.2, 0) is 17.7 Å². The molecule has 1 aliphatic heterocycles. The van der Waals surface area contributed by atoms with Crippen LogP contribution in [0, 0.1) is 5.92 Å². The average molecular weight is 414 g/mol. The lowest BCUT2D eigenvalue weighted by Crippen LogP contribution is -2.45. The third kappa shape index (κ3) is 6.06. The number of morpholine rings is 1. The molecule has 4 rings (SSSR count). The minimum atomic E-state index is 0.299. The normalized spacial score (nSPS) is 18.0. The summed E-state index contributed by atoms with van der Waals surface area (Å²) in [4.78, 5) is 2.57. The Labute approximate surface area is 187 Å². The zero-order valence-electron chi connectivity index (χ0n) is 18.7. The van der Waals surface area contributed by atoms with Crippen LogP contribution >= 0.6 is 0 Å². The van der Waals surface area contributed by atoms with E-state index in [1.54, 1.807) is 0 Å². The fraction of sp³-hybridized carbons (Fsp3) is 0.379. The van der Waals surface area contributed by atoms with Crippen molar-refractivity contribution in [2.24, 2.45) is 5.92 Å². The zero-order valence-corrected chi connectivity index (χ0v) is 18.7. The summed E-state index contributed by atoms with van der Waals surface area (Å²) in [6, 6.07) is 30.5.